The molecule has 0 radical (unpaired) electrons. The van der Waals surface area contributed by atoms with Gasteiger partial charge in [0.05, 0.1) is 6.10 Å². The molecule has 1 N–H and O–H groups in total. The van der Waals surface area contributed by atoms with E-state index >= 15 is 0 Å². The molecule has 27 heavy (non-hydrogen) atoms. The lowest BCUT2D eigenvalue weighted by molar-refractivity contribution is 0.126. The molecule has 0 saturated heterocycles. The number of nitrogens with zero attached hydrogens (tertiary/aromatic N) is 3. The zero-order chi connectivity index (χ0) is 18.6. The molecule has 1 aliphatic rings. The van der Waals surface area contributed by atoms with Crippen molar-refractivity contribution in [3.63, 3.8) is 0 Å². The van der Waals surface area contributed by atoms with Gasteiger partial charge in [-0.3, -0.25) is 0 Å². The maximum absolute atomic E-state index is 10.3. The van der Waals surface area contributed by atoms with E-state index in [9.17, 15) is 5.11 Å². The van der Waals surface area contributed by atoms with Gasteiger partial charge in [-0.2, -0.15) is 0 Å². The second-order valence-corrected chi connectivity index (χ2v) is 8.94. The average Bonchev–Trinajstić information content (AvgIpc) is 3.22. The van der Waals surface area contributed by atoms with Gasteiger partial charge in [0.25, 0.3) is 0 Å². The van der Waals surface area contributed by atoms with Crippen molar-refractivity contribution in [2.45, 2.75) is 36.6 Å². The Balaban J connectivity index is 1.33. The van der Waals surface area contributed by atoms with Crippen LogP contribution in [0.2, 0.25) is 5.02 Å². The minimum Gasteiger partial charge on any atom is -0.491 e. The third-order valence-corrected chi connectivity index (χ3v) is 6.44. The summed E-state index contributed by atoms with van der Waals surface area (Å²) in [6, 6.07) is 11.8. The summed E-state index contributed by atoms with van der Waals surface area (Å²) in [7, 11) is 0. The Labute approximate surface area is 171 Å². The van der Waals surface area contributed by atoms with Crippen LogP contribution in [0.5, 0.6) is 5.75 Å². The number of halogens is 1. The summed E-state index contributed by atoms with van der Waals surface area (Å²) in [6.45, 7) is 0.230. The molecule has 0 bridgehead atoms. The fourth-order valence-corrected chi connectivity index (χ4v) is 4.49. The highest BCUT2D eigenvalue weighted by Gasteiger charge is 2.30. The molecule has 2 heterocycles. The van der Waals surface area contributed by atoms with Crippen molar-refractivity contribution < 1.29 is 9.84 Å². The van der Waals surface area contributed by atoms with Gasteiger partial charge in [-0.15, -0.1) is 21.5 Å². The van der Waals surface area contributed by atoms with Gasteiger partial charge in [0.2, 0.25) is 0 Å². The Morgan fingerprint density at radius 1 is 1.26 bits per heavy atom. The number of ether oxygens (including phenoxy) is 1. The smallest absolute Gasteiger partial charge is 0.191 e. The first-order valence-electron chi connectivity index (χ1n) is 8.84. The zero-order valence-electron chi connectivity index (χ0n) is 14.6. The first-order valence-corrected chi connectivity index (χ1v) is 11.1. The Hall–Kier alpha value is -1.54. The number of thiophene rings is 1. The van der Waals surface area contributed by atoms with Gasteiger partial charge in [0, 0.05) is 28.1 Å². The highest BCUT2D eigenvalue weighted by Crippen LogP contribution is 2.39. The van der Waals surface area contributed by atoms with Crippen LogP contribution in [0.25, 0.3) is 0 Å². The summed E-state index contributed by atoms with van der Waals surface area (Å²) in [5.74, 6) is 2.22. The van der Waals surface area contributed by atoms with Crippen LogP contribution in [0.15, 0.2) is 46.9 Å². The Bertz CT molecular complexity index is 864. The molecule has 8 heteroatoms. The van der Waals surface area contributed by atoms with E-state index in [1.807, 2.05) is 0 Å². The van der Waals surface area contributed by atoms with Crippen molar-refractivity contribution in [2.24, 2.45) is 0 Å². The van der Waals surface area contributed by atoms with Crippen molar-refractivity contribution in [2.75, 3.05) is 12.4 Å². The van der Waals surface area contributed by atoms with E-state index in [-0.39, 0.29) is 6.61 Å². The first kappa shape index (κ1) is 18.8. The molecule has 0 amide bonds. The van der Waals surface area contributed by atoms with E-state index in [1.54, 1.807) is 35.6 Å². The van der Waals surface area contributed by atoms with Crippen molar-refractivity contribution >= 4 is 34.7 Å². The van der Waals surface area contributed by atoms with Crippen molar-refractivity contribution in [3.8, 4) is 5.75 Å². The maximum atomic E-state index is 10.3. The number of aliphatic hydroxyl groups is 1. The molecule has 1 unspecified atom stereocenters. The lowest BCUT2D eigenvalue weighted by atomic mass is 10.3. The molecule has 5 nitrogen and oxygen atoms in total. The van der Waals surface area contributed by atoms with E-state index in [1.165, 1.54) is 29.5 Å². The monoisotopic (exact) mass is 421 g/mol. The van der Waals surface area contributed by atoms with Gasteiger partial charge < -0.3 is 14.4 Å². The van der Waals surface area contributed by atoms with Gasteiger partial charge in [-0.1, -0.05) is 29.4 Å². The van der Waals surface area contributed by atoms with Crippen LogP contribution >= 0.6 is 34.7 Å². The molecule has 1 aromatic carbocycles. The van der Waals surface area contributed by atoms with E-state index in [0.29, 0.717) is 22.6 Å². The number of benzene rings is 1. The molecule has 142 valence electrons. The molecular weight excluding hydrogens is 402 g/mol. The van der Waals surface area contributed by atoms with Gasteiger partial charge in [0.15, 0.2) is 5.16 Å². The second-order valence-electron chi connectivity index (χ2n) is 6.49. The fraction of sp³-hybridized carbons (Fsp3) is 0.368. The minimum atomic E-state index is -0.587. The van der Waals surface area contributed by atoms with Crippen LogP contribution in [0, 0.1) is 0 Å². The topological polar surface area (TPSA) is 60.2 Å². The molecular formula is C19H20ClN3O2S2. The first-order chi connectivity index (χ1) is 13.2. The number of rotatable bonds is 9. The lowest BCUT2D eigenvalue weighted by Crippen LogP contribution is -2.20. The molecule has 4 rings (SSSR count). The largest absolute Gasteiger partial charge is 0.491 e. The van der Waals surface area contributed by atoms with Crippen LogP contribution in [0.4, 0.5) is 0 Å². The Morgan fingerprint density at radius 3 is 2.78 bits per heavy atom. The van der Waals surface area contributed by atoms with E-state index in [0.717, 1.165) is 17.4 Å². The van der Waals surface area contributed by atoms with E-state index in [4.69, 9.17) is 16.3 Å². The SMILES string of the molecule is OC(COc1ccc(Cl)cc1)CSc1nnc(Cc2cccs2)n1C1CC1. The predicted molar refractivity (Wildman–Crippen MR) is 109 cm³/mol. The molecule has 0 spiro atoms. The van der Waals surface area contributed by atoms with Crippen LogP contribution in [0.1, 0.15) is 29.6 Å². The highest BCUT2D eigenvalue weighted by atomic mass is 35.5. The van der Waals surface area contributed by atoms with Crippen LogP contribution in [-0.2, 0) is 6.42 Å². The molecule has 0 aliphatic heterocycles. The van der Waals surface area contributed by atoms with Crippen molar-refractivity contribution in [1.82, 2.24) is 14.8 Å². The van der Waals surface area contributed by atoms with Crippen LogP contribution in [-0.4, -0.2) is 38.3 Å². The van der Waals surface area contributed by atoms with Crippen LogP contribution < -0.4 is 4.74 Å². The summed E-state index contributed by atoms with van der Waals surface area (Å²) in [4.78, 5) is 1.29. The third-order valence-electron chi connectivity index (χ3n) is 4.22. The summed E-state index contributed by atoms with van der Waals surface area (Å²) in [5.41, 5.74) is 0. The normalized spacial score (nSPS) is 15.0. The van der Waals surface area contributed by atoms with E-state index < -0.39 is 6.10 Å². The van der Waals surface area contributed by atoms with E-state index in [2.05, 4.69) is 32.3 Å². The van der Waals surface area contributed by atoms with Gasteiger partial charge in [-0.05, 0) is 48.6 Å². The van der Waals surface area contributed by atoms with Crippen LogP contribution in [0.3, 0.4) is 0 Å². The predicted octanol–water partition coefficient (Wildman–Crippen LogP) is 4.45. The lowest BCUT2D eigenvalue weighted by Gasteiger charge is -2.13. The number of hydrogen-bond donors (Lipinski definition) is 1. The summed E-state index contributed by atoms with van der Waals surface area (Å²) < 4.78 is 7.86. The number of aliphatic hydroxyl groups excluding tert-OH is 1. The molecule has 1 atom stereocenters. The van der Waals surface area contributed by atoms with Gasteiger partial charge in [-0.25, -0.2) is 0 Å². The average molecular weight is 422 g/mol. The Kier molecular flexibility index (Phi) is 6.02. The molecule has 3 aromatic rings. The van der Waals surface area contributed by atoms with Gasteiger partial charge in [0.1, 0.15) is 18.2 Å². The minimum absolute atomic E-state index is 0.230. The number of hydrogen-bond acceptors (Lipinski definition) is 6. The fourth-order valence-electron chi connectivity index (χ4n) is 2.74. The summed E-state index contributed by atoms with van der Waals surface area (Å²) >= 11 is 9.14. The molecule has 2 aromatic heterocycles. The van der Waals surface area contributed by atoms with Crippen molar-refractivity contribution in [1.29, 1.82) is 0 Å². The van der Waals surface area contributed by atoms with Crippen molar-refractivity contribution in [3.05, 3.63) is 57.5 Å². The quantitative estimate of drug-likeness (QED) is 0.517. The molecule has 1 saturated carbocycles. The zero-order valence-corrected chi connectivity index (χ0v) is 17.0. The summed E-state index contributed by atoms with van der Waals surface area (Å²) in [5, 5.41) is 22.7. The third kappa shape index (κ3) is 5.04. The molecule has 1 aliphatic carbocycles. The number of thioether (sulfide) groups is 1. The second kappa shape index (κ2) is 8.65. The molecule has 1 fully saturated rings. The van der Waals surface area contributed by atoms with Gasteiger partial charge >= 0.3 is 0 Å². The highest BCUT2D eigenvalue weighted by molar-refractivity contribution is 7.99. The summed E-state index contributed by atoms with van der Waals surface area (Å²) in [6.07, 6.45) is 2.57. The standard InChI is InChI=1S/C19H20ClN3O2S2/c20-13-3-7-16(8-4-13)25-11-15(24)12-27-19-22-21-18(23(19)14-5-6-14)10-17-2-1-9-26-17/h1-4,7-9,14-15,24H,5-6,10-12H2. The number of aromatic nitrogens is 3. The Morgan fingerprint density at radius 2 is 2.07 bits per heavy atom. The maximum Gasteiger partial charge on any atom is 0.191 e.